The summed E-state index contributed by atoms with van der Waals surface area (Å²) in [5, 5.41) is 12.6. The summed E-state index contributed by atoms with van der Waals surface area (Å²) in [5.41, 5.74) is 0.783. The van der Waals surface area contributed by atoms with Crippen LogP contribution in [0.25, 0.3) is 0 Å². The number of phenols is 1. The Morgan fingerprint density at radius 3 is 2.74 bits per heavy atom. The Hall–Kier alpha value is -1.26. The normalized spacial score (nSPS) is 18.0. The molecule has 1 aliphatic heterocycles. The number of amides is 1. The van der Waals surface area contributed by atoms with Crippen molar-refractivity contribution in [2.45, 2.75) is 25.3 Å². The molecule has 1 fully saturated rings. The number of rotatable bonds is 3. The molecule has 0 aromatic heterocycles. The van der Waals surface area contributed by atoms with Gasteiger partial charge in [0.1, 0.15) is 5.75 Å². The predicted octanol–water partition coefficient (Wildman–Crippen LogP) is 2.22. The van der Waals surface area contributed by atoms with Gasteiger partial charge in [0.05, 0.1) is 5.54 Å². The van der Waals surface area contributed by atoms with Crippen LogP contribution in [0.15, 0.2) is 18.2 Å². The highest BCUT2D eigenvalue weighted by Crippen LogP contribution is 2.24. The molecule has 0 atom stereocenters. The number of aromatic hydroxyl groups is 1. The first-order valence-electron chi connectivity index (χ1n) is 6.32. The lowest BCUT2D eigenvalue weighted by molar-refractivity contribution is 0.0433. The average molecular weight is 284 g/mol. The monoisotopic (exact) mass is 283 g/mol. The van der Waals surface area contributed by atoms with Gasteiger partial charge in [-0.15, -0.1) is 11.6 Å². The first-order chi connectivity index (χ1) is 9.06. The summed E-state index contributed by atoms with van der Waals surface area (Å²) in [6.45, 7) is 2.99. The van der Waals surface area contributed by atoms with Gasteiger partial charge in [-0.2, -0.15) is 0 Å². The molecule has 19 heavy (non-hydrogen) atoms. The third-order valence-corrected chi connectivity index (χ3v) is 4.07. The molecule has 0 bridgehead atoms. The fourth-order valence-electron chi connectivity index (χ4n) is 2.12. The van der Waals surface area contributed by atoms with Crippen molar-refractivity contribution in [3.8, 4) is 5.75 Å². The highest BCUT2D eigenvalue weighted by Gasteiger charge is 2.33. The maximum Gasteiger partial charge on any atom is 0.251 e. The minimum Gasteiger partial charge on any atom is -0.508 e. The van der Waals surface area contributed by atoms with Crippen LogP contribution in [0.3, 0.4) is 0 Å². The number of ether oxygens (including phenoxy) is 1. The van der Waals surface area contributed by atoms with E-state index in [4.69, 9.17) is 16.3 Å². The second-order valence-corrected chi connectivity index (χ2v) is 5.25. The molecule has 0 unspecified atom stereocenters. The average Bonchev–Trinajstić information content (AvgIpc) is 2.43. The minimum absolute atomic E-state index is 0.125. The van der Waals surface area contributed by atoms with Crippen molar-refractivity contribution in [1.29, 1.82) is 0 Å². The quantitative estimate of drug-likeness (QED) is 0.836. The minimum atomic E-state index is -0.405. The number of alkyl halides is 1. The van der Waals surface area contributed by atoms with Gasteiger partial charge in [0, 0.05) is 24.7 Å². The summed E-state index contributed by atoms with van der Waals surface area (Å²) >= 11 is 6.01. The third-order valence-electron chi connectivity index (χ3n) is 3.56. The smallest absolute Gasteiger partial charge is 0.251 e. The van der Waals surface area contributed by atoms with Crippen molar-refractivity contribution >= 4 is 17.5 Å². The summed E-state index contributed by atoms with van der Waals surface area (Å²) in [4.78, 5) is 12.2. The first-order valence-corrected chi connectivity index (χ1v) is 6.86. The summed E-state index contributed by atoms with van der Waals surface area (Å²) in [5.74, 6) is 0.275. The number of nitrogens with one attached hydrogen (secondary N) is 1. The van der Waals surface area contributed by atoms with Gasteiger partial charge >= 0.3 is 0 Å². The molecule has 0 spiro atoms. The second kappa shape index (κ2) is 5.80. The van der Waals surface area contributed by atoms with Gasteiger partial charge < -0.3 is 15.2 Å². The Kier molecular flexibility index (Phi) is 4.32. The van der Waals surface area contributed by atoms with Gasteiger partial charge in [-0.05, 0) is 37.5 Å². The van der Waals surface area contributed by atoms with Gasteiger partial charge in [0.2, 0.25) is 0 Å². The number of carbonyl (C=O) groups is 1. The van der Waals surface area contributed by atoms with Crippen LogP contribution in [0.5, 0.6) is 5.75 Å². The van der Waals surface area contributed by atoms with E-state index >= 15 is 0 Å². The van der Waals surface area contributed by atoms with Gasteiger partial charge in [0.15, 0.2) is 0 Å². The molecule has 1 aliphatic rings. The Labute approximate surface area is 117 Å². The van der Waals surface area contributed by atoms with Crippen LogP contribution in [0.4, 0.5) is 0 Å². The van der Waals surface area contributed by atoms with Crippen molar-refractivity contribution in [2.24, 2.45) is 0 Å². The van der Waals surface area contributed by atoms with E-state index in [2.05, 4.69) is 5.32 Å². The van der Waals surface area contributed by atoms with E-state index in [0.717, 1.165) is 5.56 Å². The van der Waals surface area contributed by atoms with Crippen molar-refractivity contribution in [3.63, 3.8) is 0 Å². The van der Waals surface area contributed by atoms with Crippen LogP contribution in [-0.4, -0.2) is 35.6 Å². The molecule has 104 valence electrons. The van der Waals surface area contributed by atoms with Gasteiger partial charge in [0.25, 0.3) is 5.91 Å². The van der Waals surface area contributed by atoms with E-state index < -0.39 is 5.54 Å². The van der Waals surface area contributed by atoms with E-state index in [1.165, 1.54) is 6.07 Å². The highest BCUT2D eigenvalue weighted by molar-refractivity contribution is 6.19. The standard InChI is InChI=1S/C14H18ClNO3/c1-10-2-3-11(8-12(10)17)13(18)16-14(9-15)4-6-19-7-5-14/h2-3,8,17H,4-7,9H2,1H3,(H,16,18). The zero-order chi connectivity index (χ0) is 13.9. The summed E-state index contributed by atoms with van der Waals surface area (Å²) in [6.07, 6.45) is 1.42. The molecule has 1 aromatic carbocycles. The molecule has 2 rings (SSSR count). The number of aryl methyl sites for hydroxylation is 1. The largest absolute Gasteiger partial charge is 0.508 e. The lowest BCUT2D eigenvalue weighted by atomic mass is 9.91. The lowest BCUT2D eigenvalue weighted by Gasteiger charge is -2.36. The Balaban J connectivity index is 2.12. The summed E-state index contributed by atoms with van der Waals surface area (Å²) < 4.78 is 5.30. The van der Waals surface area contributed by atoms with Crippen LogP contribution in [0.1, 0.15) is 28.8 Å². The number of hydrogen-bond donors (Lipinski definition) is 2. The first kappa shape index (κ1) is 14.2. The Morgan fingerprint density at radius 2 is 2.16 bits per heavy atom. The number of benzene rings is 1. The molecule has 5 heteroatoms. The van der Waals surface area contributed by atoms with E-state index in [1.54, 1.807) is 19.1 Å². The fraction of sp³-hybridized carbons (Fsp3) is 0.500. The molecule has 1 aromatic rings. The van der Waals surface area contributed by atoms with Crippen LogP contribution in [-0.2, 0) is 4.74 Å². The molecule has 0 saturated carbocycles. The molecule has 0 radical (unpaired) electrons. The Morgan fingerprint density at radius 1 is 1.47 bits per heavy atom. The maximum atomic E-state index is 12.2. The van der Waals surface area contributed by atoms with Gasteiger partial charge in [-0.25, -0.2) is 0 Å². The highest BCUT2D eigenvalue weighted by atomic mass is 35.5. The van der Waals surface area contributed by atoms with Crippen molar-refractivity contribution in [3.05, 3.63) is 29.3 Å². The summed E-state index contributed by atoms with van der Waals surface area (Å²) in [6, 6.07) is 4.90. The van der Waals surface area contributed by atoms with Crippen LogP contribution in [0, 0.1) is 6.92 Å². The maximum absolute atomic E-state index is 12.2. The second-order valence-electron chi connectivity index (χ2n) is 4.98. The molecular weight excluding hydrogens is 266 g/mol. The fourth-order valence-corrected chi connectivity index (χ4v) is 2.45. The molecule has 1 amide bonds. The zero-order valence-corrected chi connectivity index (χ0v) is 11.7. The van der Waals surface area contributed by atoms with E-state index in [0.29, 0.717) is 37.5 Å². The van der Waals surface area contributed by atoms with Crippen LogP contribution < -0.4 is 5.32 Å². The lowest BCUT2D eigenvalue weighted by Crippen LogP contribution is -2.53. The SMILES string of the molecule is Cc1ccc(C(=O)NC2(CCl)CCOCC2)cc1O. The zero-order valence-electron chi connectivity index (χ0n) is 10.9. The van der Waals surface area contributed by atoms with Gasteiger partial charge in [-0.1, -0.05) is 6.07 Å². The van der Waals surface area contributed by atoms with E-state index in [1.807, 2.05) is 0 Å². The van der Waals surface area contributed by atoms with E-state index in [9.17, 15) is 9.90 Å². The number of halogens is 1. The number of carbonyl (C=O) groups excluding carboxylic acids is 1. The van der Waals surface area contributed by atoms with Gasteiger partial charge in [-0.3, -0.25) is 4.79 Å². The number of hydrogen-bond acceptors (Lipinski definition) is 3. The molecule has 2 N–H and O–H groups in total. The predicted molar refractivity (Wildman–Crippen MR) is 73.8 cm³/mol. The van der Waals surface area contributed by atoms with Crippen molar-refractivity contribution in [1.82, 2.24) is 5.32 Å². The molecule has 1 saturated heterocycles. The molecule has 1 heterocycles. The number of phenolic OH excluding ortho intramolecular Hbond substituents is 1. The van der Waals surface area contributed by atoms with Crippen molar-refractivity contribution < 1.29 is 14.6 Å². The van der Waals surface area contributed by atoms with Crippen LogP contribution in [0.2, 0.25) is 0 Å². The molecule has 0 aliphatic carbocycles. The summed E-state index contributed by atoms with van der Waals surface area (Å²) in [7, 11) is 0. The van der Waals surface area contributed by atoms with E-state index in [-0.39, 0.29) is 11.7 Å². The molecule has 4 nitrogen and oxygen atoms in total. The Bertz CT molecular complexity index is 470. The van der Waals surface area contributed by atoms with Crippen LogP contribution >= 0.6 is 11.6 Å². The van der Waals surface area contributed by atoms with Crippen molar-refractivity contribution in [2.75, 3.05) is 19.1 Å². The third kappa shape index (κ3) is 3.19. The molecular formula is C14H18ClNO3. The topological polar surface area (TPSA) is 58.6 Å².